The summed E-state index contributed by atoms with van der Waals surface area (Å²) in [6.07, 6.45) is 3.85. The van der Waals surface area contributed by atoms with Crippen molar-refractivity contribution in [1.82, 2.24) is 15.3 Å². The van der Waals surface area contributed by atoms with E-state index in [0.29, 0.717) is 12.0 Å². The quantitative estimate of drug-likeness (QED) is 0.641. The van der Waals surface area contributed by atoms with Crippen LogP contribution < -0.4 is 15.5 Å². The average molecular weight is 418 g/mol. The molecule has 0 spiro atoms. The third-order valence-corrected chi connectivity index (χ3v) is 6.25. The Morgan fingerprint density at radius 1 is 0.935 bits per heavy atom. The maximum Gasteiger partial charge on any atom is 0.251 e. The number of carbonyl (C=O) groups excluding carboxylic acids is 1. The molecular formula is C25H31N5O. The van der Waals surface area contributed by atoms with Crippen molar-refractivity contribution < 1.29 is 4.79 Å². The molecule has 0 saturated heterocycles. The molecule has 0 atom stereocenters. The first-order chi connectivity index (χ1) is 14.9. The highest BCUT2D eigenvalue weighted by Gasteiger charge is 2.24. The summed E-state index contributed by atoms with van der Waals surface area (Å²) in [6, 6.07) is 14.5. The molecule has 31 heavy (non-hydrogen) atoms. The number of nitrogens with one attached hydrogen (secondary N) is 2. The molecule has 1 heterocycles. The van der Waals surface area contributed by atoms with Crippen molar-refractivity contribution in [2.45, 2.75) is 51.6 Å². The van der Waals surface area contributed by atoms with E-state index in [4.69, 9.17) is 9.97 Å². The fourth-order valence-electron chi connectivity index (χ4n) is 4.29. The van der Waals surface area contributed by atoms with E-state index in [1.165, 1.54) is 0 Å². The summed E-state index contributed by atoms with van der Waals surface area (Å²) in [5, 5.41) is 7.81. The van der Waals surface area contributed by atoms with E-state index in [0.717, 1.165) is 59.1 Å². The number of anilines is 2. The second-order valence-electron chi connectivity index (χ2n) is 8.70. The van der Waals surface area contributed by atoms with Crippen LogP contribution in [0.15, 0.2) is 42.5 Å². The largest absolute Gasteiger partial charge is 0.362 e. The average Bonchev–Trinajstić information content (AvgIpc) is 2.76. The first kappa shape index (κ1) is 21.1. The molecule has 3 aromatic rings. The highest BCUT2D eigenvalue weighted by molar-refractivity contribution is 5.96. The number of hydrogen-bond acceptors (Lipinski definition) is 5. The summed E-state index contributed by atoms with van der Waals surface area (Å²) in [4.78, 5) is 24.2. The van der Waals surface area contributed by atoms with Crippen LogP contribution in [0.2, 0.25) is 0 Å². The van der Waals surface area contributed by atoms with E-state index in [2.05, 4.69) is 16.7 Å². The molecule has 2 aromatic carbocycles. The molecule has 0 bridgehead atoms. The van der Waals surface area contributed by atoms with E-state index in [1.54, 1.807) is 0 Å². The second kappa shape index (κ2) is 8.92. The zero-order valence-corrected chi connectivity index (χ0v) is 18.8. The fourth-order valence-corrected chi connectivity index (χ4v) is 4.29. The summed E-state index contributed by atoms with van der Waals surface area (Å²) in [6.45, 7) is 4.05. The van der Waals surface area contributed by atoms with Crippen molar-refractivity contribution in [3.05, 3.63) is 59.2 Å². The highest BCUT2D eigenvalue weighted by Crippen LogP contribution is 2.26. The minimum Gasteiger partial charge on any atom is -0.362 e. The van der Waals surface area contributed by atoms with Crippen molar-refractivity contribution in [2.75, 3.05) is 24.3 Å². The van der Waals surface area contributed by atoms with Crippen LogP contribution in [0.3, 0.4) is 0 Å². The summed E-state index contributed by atoms with van der Waals surface area (Å²) >= 11 is 0. The minimum atomic E-state index is 0.0334. The van der Waals surface area contributed by atoms with Crippen LogP contribution in [0.25, 0.3) is 10.9 Å². The van der Waals surface area contributed by atoms with E-state index >= 15 is 0 Å². The van der Waals surface area contributed by atoms with Gasteiger partial charge in [-0.05, 0) is 68.9 Å². The Labute approximate surface area is 184 Å². The zero-order chi connectivity index (χ0) is 22.0. The lowest BCUT2D eigenvalue weighted by Gasteiger charge is -2.30. The van der Waals surface area contributed by atoms with Gasteiger partial charge in [-0.15, -0.1) is 0 Å². The molecule has 6 nitrogen and oxygen atoms in total. The van der Waals surface area contributed by atoms with Crippen LogP contribution in [-0.4, -0.2) is 42.1 Å². The van der Waals surface area contributed by atoms with Gasteiger partial charge in [0, 0.05) is 37.1 Å². The molecule has 0 aliphatic heterocycles. The van der Waals surface area contributed by atoms with Gasteiger partial charge in [0.25, 0.3) is 5.91 Å². The lowest BCUT2D eigenvalue weighted by Crippen LogP contribution is -2.40. The van der Waals surface area contributed by atoms with E-state index in [-0.39, 0.29) is 11.9 Å². The second-order valence-corrected chi connectivity index (χ2v) is 8.70. The van der Waals surface area contributed by atoms with Crippen LogP contribution in [0.4, 0.5) is 11.8 Å². The topological polar surface area (TPSA) is 70.2 Å². The number of aromatic nitrogens is 2. The smallest absolute Gasteiger partial charge is 0.251 e. The number of nitrogens with zero attached hydrogens (tertiary/aromatic N) is 3. The van der Waals surface area contributed by atoms with Gasteiger partial charge in [0.05, 0.1) is 5.52 Å². The van der Waals surface area contributed by atoms with Crippen LogP contribution in [-0.2, 0) is 0 Å². The summed E-state index contributed by atoms with van der Waals surface area (Å²) in [7, 11) is 4.00. The standard InChI is InChI=1S/C25H31N5O/c1-16-8-7-10-20(17(16)2)24(31)26-18-12-14-19(15-13-18)27-25-28-22-11-6-5-9-21(22)23(29-25)30(3)4/h5-11,18-19H,12-15H2,1-4H3,(H,26,31)(H,27,28,29). The molecule has 1 fully saturated rings. The summed E-state index contributed by atoms with van der Waals surface area (Å²) in [5.41, 5.74) is 3.92. The monoisotopic (exact) mass is 417 g/mol. The molecule has 1 aliphatic carbocycles. The maximum absolute atomic E-state index is 12.7. The Balaban J connectivity index is 1.38. The lowest BCUT2D eigenvalue weighted by atomic mass is 9.91. The SMILES string of the molecule is Cc1cccc(C(=O)NC2CCC(Nc3nc(N(C)C)c4ccccc4n3)CC2)c1C. The molecule has 6 heteroatoms. The Bertz CT molecular complexity index is 1090. The van der Waals surface area contributed by atoms with Gasteiger partial charge in [0.2, 0.25) is 5.95 Å². The molecule has 4 rings (SSSR count). The van der Waals surface area contributed by atoms with Crippen LogP contribution in [0.5, 0.6) is 0 Å². The predicted octanol–water partition coefficient (Wildman–Crippen LogP) is 4.47. The highest BCUT2D eigenvalue weighted by atomic mass is 16.1. The number of fused-ring (bicyclic) bond motifs is 1. The number of hydrogen-bond donors (Lipinski definition) is 2. The predicted molar refractivity (Wildman–Crippen MR) is 127 cm³/mol. The van der Waals surface area contributed by atoms with Gasteiger partial charge in [-0.25, -0.2) is 4.98 Å². The van der Waals surface area contributed by atoms with Gasteiger partial charge >= 0.3 is 0 Å². The van der Waals surface area contributed by atoms with E-state index in [1.807, 2.05) is 69.2 Å². The van der Waals surface area contributed by atoms with Gasteiger partial charge in [0.1, 0.15) is 5.82 Å². The zero-order valence-electron chi connectivity index (χ0n) is 18.8. The third-order valence-electron chi connectivity index (χ3n) is 6.25. The van der Waals surface area contributed by atoms with Crippen LogP contribution >= 0.6 is 0 Å². The van der Waals surface area contributed by atoms with E-state index < -0.39 is 0 Å². The number of amides is 1. The normalized spacial score (nSPS) is 18.6. The number of aryl methyl sites for hydroxylation is 1. The van der Waals surface area contributed by atoms with Crippen molar-refractivity contribution in [2.24, 2.45) is 0 Å². The van der Waals surface area contributed by atoms with Crippen molar-refractivity contribution in [3.8, 4) is 0 Å². The summed E-state index contributed by atoms with van der Waals surface area (Å²) < 4.78 is 0. The van der Waals surface area contributed by atoms with Crippen molar-refractivity contribution in [3.63, 3.8) is 0 Å². The molecule has 0 unspecified atom stereocenters. The Kier molecular flexibility index (Phi) is 6.07. The molecule has 1 aliphatic rings. The molecule has 1 saturated carbocycles. The lowest BCUT2D eigenvalue weighted by molar-refractivity contribution is 0.0926. The Morgan fingerprint density at radius 3 is 2.39 bits per heavy atom. The number of benzene rings is 2. The minimum absolute atomic E-state index is 0.0334. The van der Waals surface area contributed by atoms with Crippen molar-refractivity contribution >= 4 is 28.6 Å². The number of carbonyl (C=O) groups is 1. The Morgan fingerprint density at radius 2 is 1.65 bits per heavy atom. The first-order valence-corrected chi connectivity index (χ1v) is 11.0. The molecule has 162 valence electrons. The molecule has 1 aromatic heterocycles. The maximum atomic E-state index is 12.7. The first-order valence-electron chi connectivity index (χ1n) is 11.0. The fraction of sp³-hybridized carbons (Fsp3) is 0.400. The summed E-state index contributed by atoms with van der Waals surface area (Å²) in [5.74, 6) is 1.62. The van der Waals surface area contributed by atoms with Gasteiger partial charge in [0.15, 0.2) is 0 Å². The van der Waals surface area contributed by atoms with E-state index in [9.17, 15) is 4.79 Å². The van der Waals surface area contributed by atoms with Gasteiger partial charge < -0.3 is 15.5 Å². The molecule has 1 amide bonds. The molecular weight excluding hydrogens is 386 g/mol. The van der Waals surface area contributed by atoms with Gasteiger partial charge in [-0.3, -0.25) is 4.79 Å². The van der Waals surface area contributed by atoms with Gasteiger partial charge in [-0.2, -0.15) is 4.98 Å². The van der Waals surface area contributed by atoms with Crippen LogP contribution in [0, 0.1) is 13.8 Å². The third kappa shape index (κ3) is 4.63. The Hall–Kier alpha value is -3.15. The van der Waals surface area contributed by atoms with Gasteiger partial charge in [-0.1, -0.05) is 24.3 Å². The number of rotatable bonds is 5. The molecule has 2 N–H and O–H groups in total. The van der Waals surface area contributed by atoms with Crippen LogP contribution in [0.1, 0.15) is 47.2 Å². The van der Waals surface area contributed by atoms with Crippen molar-refractivity contribution in [1.29, 1.82) is 0 Å². The molecule has 0 radical (unpaired) electrons. The number of para-hydroxylation sites is 1.